The van der Waals surface area contributed by atoms with Crippen molar-refractivity contribution in [1.29, 1.82) is 0 Å². The molecule has 0 aliphatic rings. The second-order valence-electron chi connectivity index (χ2n) is 5.30. The summed E-state index contributed by atoms with van der Waals surface area (Å²) in [6.07, 6.45) is 0. The van der Waals surface area contributed by atoms with Gasteiger partial charge < -0.3 is 16.4 Å². The molecule has 7 heteroatoms. The average Bonchev–Trinajstić information content (AvgIpc) is 2.64. The summed E-state index contributed by atoms with van der Waals surface area (Å²) in [5.41, 5.74) is 8.84. The van der Waals surface area contributed by atoms with Gasteiger partial charge in [-0.05, 0) is 48.7 Å². The van der Waals surface area contributed by atoms with Gasteiger partial charge >= 0.3 is 0 Å². The van der Waals surface area contributed by atoms with Crippen LogP contribution in [-0.2, 0) is 0 Å². The van der Waals surface area contributed by atoms with Crippen molar-refractivity contribution in [3.8, 4) is 11.1 Å². The molecule has 2 aromatic carbocycles. The Hall–Kier alpha value is -2.86. The first-order valence-corrected chi connectivity index (χ1v) is 8.80. The van der Waals surface area contributed by atoms with Crippen LogP contribution in [0.15, 0.2) is 54.6 Å². The number of nitrogens with two attached hydrogens (primary N) is 1. The number of aromatic nitrogens is 3. The van der Waals surface area contributed by atoms with Crippen molar-refractivity contribution in [2.75, 3.05) is 29.5 Å². The SMILES string of the molecule is CCNc1nc(Cl)nc(NCC)n1.Nc1ccc(-c2ccccc2)cc1. The van der Waals surface area contributed by atoms with Crippen LogP contribution in [0.25, 0.3) is 11.1 Å². The molecule has 26 heavy (non-hydrogen) atoms. The van der Waals surface area contributed by atoms with Crippen molar-refractivity contribution in [2.24, 2.45) is 0 Å². The van der Waals surface area contributed by atoms with Gasteiger partial charge in [0, 0.05) is 18.8 Å². The van der Waals surface area contributed by atoms with Crippen molar-refractivity contribution in [1.82, 2.24) is 15.0 Å². The second kappa shape index (κ2) is 10.2. The highest BCUT2D eigenvalue weighted by molar-refractivity contribution is 6.28. The van der Waals surface area contributed by atoms with Gasteiger partial charge in [-0.2, -0.15) is 15.0 Å². The summed E-state index contributed by atoms with van der Waals surface area (Å²) in [6.45, 7) is 5.44. The summed E-state index contributed by atoms with van der Waals surface area (Å²) in [7, 11) is 0. The van der Waals surface area contributed by atoms with Crippen LogP contribution < -0.4 is 16.4 Å². The average molecular weight is 371 g/mol. The molecular weight excluding hydrogens is 348 g/mol. The third-order valence-corrected chi connectivity index (χ3v) is 3.46. The Morgan fingerprint density at radius 3 is 1.77 bits per heavy atom. The standard InChI is InChI=1S/C12H11N.C7H12ClN5/c13-12-8-6-11(7-9-12)10-4-2-1-3-5-10;1-3-9-6-11-5(8)12-7(13-6)10-4-2/h1-9H,13H2;3-4H2,1-2H3,(H2,9,10,11,12,13). The first-order valence-electron chi connectivity index (χ1n) is 8.42. The quantitative estimate of drug-likeness (QED) is 0.579. The summed E-state index contributed by atoms with van der Waals surface area (Å²) < 4.78 is 0. The Kier molecular flexibility index (Phi) is 7.64. The van der Waals surface area contributed by atoms with Crippen LogP contribution in [-0.4, -0.2) is 28.0 Å². The maximum absolute atomic E-state index is 5.68. The van der Waals surface area contributed by atoms with Gasteiger partial charge in [-0.1, -0.05) is 42.5 Å². The second-order valence-corrected chi connectivity index (χ2v) is 5.64. The minimum atomic E-state index is 0.196. The Balaban J connectivity index is 0.000000187. The third-order valence-electron chi connectivity index (χ3n) is 3.30. The van der Waals surface area contributed by atoms with Gasteiger partial charge in [0.25, 0.3) is 0 Å². The molecule has 3 aromatic rings. The molecule has 0 saturated carbocycles. The molecule has 0 amide bonds. The predicted octanol–water partition coefficient (Wildman–Crippen LogP) is 4.32. The molecule has 1 heterocycles. The van der Waals surface area contributed by atoms with E-state index in [1.807, 2.05) is 56.3 Å². The molecule has 0 aliphatic carbocycles. The highest BCUT2D eigenvalue weighted by atomic mass is 35.5. The van der Waals surface area contributed by atoms with E-state index in [0.717, 1.165) is 18.8 Å². The molecule has 4 N–H and O–H groups in total. The lowest BCUT2D eigenvalue weighted by atomic mass is 10.1. The Morgan fingerprint density at radius 1 is 0.769 bits per heavy atom. The van der Waals surface area contributed by atoms with Gasteiger partial charge in [0.05, 0.1) is 0 Å². The predicted molar refractivity (Wildman–Crippen MR) is 109 cm³/mol. The Bertz CT molecular complexity index is 769. The maximum atomic E-state index is 5.68. The zero-order valence-electron chi connectivity index (χ0n) is 14.9. The minimum absolute atomic E-state index is 0.196. The highest BCUT2D eigenvalue weighted by Crippen LogP contribution is 2.19. The molecule has 0 spiro atoms. The van der Waals surface area contributed by atoms with Gasteiger partial charge in [0.1, 0.15) is 0 Å². The summed E-state index contributed by atoms with van der Waals surface area (Å²) in [5.74, 6) is 0.997. The smallest absolute Gasteiger partial charge is 0.228 e. The first kappa shape index (κ1) is 19.5. The number of rotatable bonds is 5. The van der Waals surface area contributed by atoms with E-state index >= 15 is 0 Å². The monoisotopic (exact) mass is 370 g/mol. The van der Waals surface area contributed by atoms with E-state index in [2.05, 4.69) is 37.7 Å². The normalized spacial score (nSPS) is 9.81. The van der Waals surface area contributed by atoms with Crippen LogP contribution in [0.4, 0.5) is 17.6 Å². The molecular formula is C19H23ClN6. The van der Waals surface area contributed by atoms with Gasteiger partial charge in [-0.25, -0.2) is 0 Å². The minimum Gasteiger partial charge on any atom is -0.399 e. The number of nitrogens with one attached hydrogen (secondary N) is 2. The fourth-order valence-corrected chi connectivity index (χ4v) is 2.29. The van der Waals surface area contributed by atoms with E-state index in [-0.39, 0.29) is 5.28 Å². The summed E-state index contributed by atoms with van der Waals surface area (Å²) in [5, 5.41) is 6.12. The summed E-state index contributed by atoms with van der Waals surface area (Å²) >= 11 is 5.68. The number of hydrogen-bond donors (Lipinski definition) is 3. The zero-order valence-corrected chi connectivity index (χ0v) is 15.7. The van der Waals surface area contributed by atoms with E-state index in [4.69, 9.17) is 17.3 Å². The van der Waals surface area contributed by atoms with E-state index in [1.165, 1.54) is 11.1 Å². The number of hydrogen-bond acceptors (Lipinski definition) is 6. The Labute approximate surface area is 158 Å². The summed E-state index contributed by atoms with van der Waals surface area (Å²) in [4.78, 5) is 11.9. The van der Waals surface area contributed by atoms with Gasteiger partial charge in [0.2, 0.25) is 17.2 Å². The van der Waals surface area contributed by atoms with E-state index in [1.54, 1.807) is 0 Å². The van der Waals surface area contributed by atoms with Crippen molar-refractivity contribution in [2.45, 2.75) is 13.8 Å². The lowest BCUT2D eigenvalue weighted by Gasteiger charge is -2.04. The van der Waals surface area contributed by atoms with E-state index in [9.17, 15) is 0 Å². The molecule has 0 fully saturated rings. The zero-order chi connectivity index (χ0) is 18.8. The molecule has 3 rings (SSSR count). The van der Waals surface area contributed by atoms with Crippen LogP contribution in [0.2, 0.25) is 5.28 Å². The maximum Gasteiger partial charge on any atom is 0.228 e. The summed E-state index contributed by atoms with van der Waals surface area (Å²) in [6, 6.07) is 18.2. The molecule has 0 radical (unpaired) electrons. The molecule has 0 saturated heterocycles. The van der Waals surface area contributed by atoms with Crippen molar-refractivity contribution in [3.63, 3.8) is 0 Å². The fraction of sp³-hybridized carbons (Fsp3) is 0.211. The number of benzene rings is 2. The Morgan fingerprint density at radius 2 is 1.27 bits per heavy atom. The molecule has 0 unspecified atom stereocenters. The van der Waals surface area contributed by atoms with E-state index in [0.29, 0.717) is 11.9 Å². The molecule has 0 aliphatic heterocycles. The first-order chi connectivity index (χ1) is 12.6. The molecule has 6 nitrogen and oxygen atoms in total. The molecule has 0 atom stereocenters. The van der Waals surface area contributed by atoms with Crippen LogP contribution in [0.3, 0.4) is 0 Å². The topological polar surface area (TPSA) is 88.8 Å². The lowest BCUT2D eigenvalue weighted by molar-refractivity contribution is 0.999. The third kappa shape index (κ3) is 6.22. The number of anilines is 3. The van der Waals surface area contributed by atoms with Crippen molar-refractivity contribution < 1.29 is 0 Å². The fourth-order valence-electron chi connectivity index (χ4n) is 2.13. The molecule has 0 bridgehead atoms. The van der Waals surface area contributed by atoms with Crippen molar-refractivity contribution >= 4 is 29.2 Å². The van der Waals surface area contributed by atoms with Gasteiger partial charge in [0.15, 0.2) is 0 Å². The van der Waals surface area contributed by atoms with Crippen LogP contribution in [0.1, 0.15) is 13.8 Å². The molecule has 136 valence electrons. The van der Waals surface area contributed by atoms with E-state index < -0.39 is 0 Å². The number of nitrogens with zero attached hydrogens (tertiary/aromatic N) is 3. The highest BCUT2D eigenvalue weighted by Gasteiger charge is 2.02. The number of halogens is 1. The van der Waals surface area contributed by atoms with Crippen molar-refractivity contribution in [3.05, 3.63) is 59.9 Å². The van der Waals surface area contributed by atoms with Crippen LogP contribution >= 0.6 is 11.6 Å². The van der Waals surface area contributed by atoms with Gasteiger partial charge in [-0.3, -0.25) is 0 Å². The van der Waals surface area contributed by atoms with Crippen LogP contribution in [0, 0.1) is 0 Å². The number of nitrogen functional groups attached to an aromatic ring is 1. The van der Waals surface area contributed by atoms with Gasteiger partial charge in [-0.15, -0.1) is 0 Å². The van der Waals surface area contributed by atoms with Crippen LogP contribution in [0.5, 0.6) is 0 Å². The lowest BCUT2D eigenvalue weighted by Crippen LogP contribution is -2.08. The largest absolute Gasteiger partial charge is 0.399 e. The molecule has 1 aromatic heterocycles.